The minimum atomic E-state index is -1.26. The van der Waals surface area contributed by atoms with E-state index < -0.39 is 12.1 Å². The van der Waals surface area contributed by atoms with E-state index in [1.54, 1.807) is 12.4 Å². The monoisotopic (exact) mass is 436 g/mol. The third-order valence-corrected chi connectivity index (χ3v) is 6.18. The predicted molar refractivity (Wildman–Crippen MR) is 119 cm³/mol. The van der Waals surface area contributed by atoms with Crippen LogP contribution in [0.5, 0.6) is 0 Å². The number of carboxylic acid groups (broad SMARTS) is 2. The molecule has 5 N–H and O–H groups in total. The molecule has 0 spiro atoms. The van der Waals surface area contributed by atoms with E-state index in [9.17, 15) is 24.6 Å². The van der Waals surface area contributed by atoms with Crippen LogP contribution in [0, 0.1) is 11.8 Å². The van der Waals surface area contributed by atoms with Crippen LogP contribution in [-0.4, -0.2) is 44.2 Å². The highest BCUT2D eigenvalue weighted by Gasteiger charge is 2.31. The maximum Gasteiger partial charge on any atom is 0.416 e. The Balaban J connectivity index is 1.50. The molecule has 0 amide bonds. The summed E-state index contributed by atoms with van der Waals surface area (Å²) >= 11 is 0. The summed E-state index contributed by atoms with van der Waals surface area (Å²) in [6.45, 7) is 0.733. The van der Waals surface area contributed by atoms with Crippen molar-refractivity contribution in [3.05, 3.63) is 54.0 Å². The minimum Gasteiger partial charge on any atom is -0.478 e. The maximum absolute atomic E-state index is 13.3. The molecule has 1 aliphatic rings. The van der Waals surface area contributed by atoms with E-state index in [1.165, 1.54) is 24.4 Å². The highest BCUT2D eigenvalue weighted by Crippen LogP contribution is 2.35. The second-order valence-electron chi connectivity index (χ2n) is 8.13. The highest BCUT2D eigenvalue weighted by molar-refractivity contribution is 6.16. The second kappa shape index (κ2) is 8.70. The van der Waals surface area contributed by atoms with E-state index in [-0.39, 0.29) is 33.7 Å². The number of nitrogens with zero attached hydrogens (tertiary/aromatic N) is 2. The zero-order valence-corrected chi connectivity index (χ0v) is 17.3. The number of carbonyl (C=O) groups is 3. The number of carbonyl (C=O) groups excluding carboxylic acids is 1. The lowest BCUT2D eigenvalue weighted by Gasteiger charge is -2.28. The Bertz CT molecular complexity index is 1190. The molecule has 1 aromatic carbocycles. The van der Waals surface area contributed by atoms with Gasteiger partial charge in [0.25, 0.3) is 0 Å². The molecule has 1 fully saturated rings. The predicted octanol–water partition coefficient (Wildman–Crippen LogP) is 3.94. The van der Waals surface area contributed by atoms with Crippen LogP contribution in [0.1, 0.15) is 46.4 Å². The van der Waals surface area contributed by atoms with Crippen LogP contribution in [-0.2, 0) is 0 Å². The zero-order chi connectivity index (χ0) is 22.8. The van der Waals surface area contributed by atoms with Crippen molar-refractivity contribution in [1.82, 2.24) is 9.55 Å². The molecule has 0 aliphatic heterocycles. The molecule has 166 valence electrons. The molecule has 0 saturated heterocycles. The number of carboxylic acids is 1. The van der Waals surface area contributed by atoms with Crippen LogP contribution >= 0.6 is 0 Å². The SMILES string of the molecule is Nc1cnccc1NCC1CCC(C(=O)c2cn(C(=O)O)c3cccc(C(=O)O)c23)CC1. The number of nitrogens with two attached hydrogens (primary N) is 1. The number of Topliss-reactive ketones (excluding diaryl/α,β-unsaturated/α-hetero) is 1. The number of fused-ring (bicyclic) bond motifs is 1. The average Bonchev–Trinajstić information content (AvgIpc) is 3.18. The van der Waals surface area contributed by atoms with E-state index in [1.807, 2.05) is 6.07 Å². The van der Waals surface area contributed by atoms with Crippen LogP contribution in [0.4, 0.5) is 16.2 Å². The third-order valence-electron chi connectivity index (χ3n) is 6.18. The standard InChI is InChI=1S/C23H24N4O5/c24-17-11-25-9-8-18(17)26-10-13-4-6-14(7-5-13)21(28)16-12-27(23(31)32)19-3-1-2-15(20(16)19)22(29)30/h1-3,8-9,11-14H,4-7,10,24H2,(H,25,26)(H,29,30)(H,31,32). The number of hydrogen-bond acceptors (Lipinski definition) is 6. The van der Waals surface area contributed by atoms with Gasteiger partial charge >= 0.3 is 12.1 Å². The summed E-state index contributed by atoms with van der Waals surface area (Å²) in [6, 6.07) is 6.21. The van der Waals surface area contributed by atoms with E-state index in [0.717, 1.165) is 29.6 Å². The lowest BCUT2D eigenvalue weighted by molar-refractivity contribution is 0.0699. The first-order chi connectivity index (χ1) is 15.4. The first kappa shape index (κ1) is 21.4. The fourth-order valence-electron chi connectivity index (χ4n) is 4.48. The molecule has 9 nitrogen and oxygen atoms in total. The average molecular weight is 436 g/mol. The summed E-state index contributed by atoms with van der Waals surface area (Å²) in [5.41, 5.74) is 7.62. The molecule has 0 unspecified atom stereocenters. The molecule has 2 aromatic heterocycles. The van der Waals surface area contributed by atoms with E-state index >= 15 is 0 Å². The lowest BCUT2D eigenvalue weighted by Crippen LogP contribution is -2.26. The first-order valence-corrected chi connectivity index (χ1v) is 10.4. The fraction of sp³-hybridized carbons (Fsp3) is 0.304. The van der Waals surface area contributed by atoms with Gasteiger partial charge in [0.05, 0.1) is 28.7 Å². The van der Waals surface area contributed by atoms with Crippen molar-refractivity contribution in [2.24, 2.45) is 11.8 Å². The summed E-state index contributed by atoms with van der Waals surface area (Å²) in [5.74, 6) is -1.29. The molecule has 32 heavy (non-hydrogen) atoms. The molecule has 3 aromatic rings. The molecule has 1 aliphatic carbocycles. The minimum absolute atomic E-state index is 0.0707. The number of nitrogens with one attached hydrogen (secondary N) is 1. The molecule has 4 rings (SSSR count). The van der Waals surface area contributed by atoms with E-state index in [4.69, 9.17) is 5.73 Å². The number of benzene rings is 1. The molecule has 0 radical (unpaired) electrons. The largest absolute Gasteiger partial charge is 0.478 e. The van der Waals surface area contributed by atoms with Crippen LogP contribution < -0.4 is 11.1 Å². The highest BCUT2D eigenvalue weighted by atomic mass is 16.4. The van der Waals surface area contributed by atoms with Crippen molar-refractivity contribution in [1.29, 1.82) is 0 Å². The number of aromatic carboxylic acids is 1. The Labute approximate surface area is 183 Å². The Morgan fingerprint density at radius 2 is 1.84 bits per heavy atom. The maximum atomic E-state index is 13.3. The van der Waals surface area contributed by atoms with Crippen LogP contribution in [0.3, 0.4) is 0 Å². The van der Waals surface area contributed by atoms with Crippen molar-refractivity contribution < 1.29 is 24.6 Å². The summed E-state index contributed by atoms with van der Waals surface area (Å²) in [4.78, 5) is 40.6. The molecular formula is C23H24N4O5. The van der Waals surface area contributed by atoms with Gasteiger partial charge in [-0.25, -0.2) is 9.59 Å². The molecule has 9 heteroatoms. The van der Waals surface area contributed by atoms with Crippen molar-refractivity contribution in [3.8, 4) is 0 Å². The summed E-state index contributed by atoms with van der Waals surface area (Å²) in [6.07, 6.45) is 6.24. The second-order valence-corrected chi connectivity index (χ2v) is 8.13. The Morgan fingerprint density at radius 3 is 2.50 bits per heavy atom. The van der Waals surface area contributed by atoms with Gasteiger partial charge in [-0.15, -0.1) is 0 Å². The number of pyridine rings is 1. The summed E-state index contributed by atoms with van der Waals surface area (Å²) in [5, 5.41) is 22.6. The third kappa shape index (κ3) is 4.01. The van der Waals surface area contributed by atoms with Gasteiger partial charge in [-0.1, -0.05) is 6.07 Å². The van der Waals surface area contributed by atoms with Crippen LogP contribution in [0.2, 0.25) is 0 Å². The quantitative estimate of drug-likeness (QED) is 0.425. The van der Waals surface area contributed by atoms with Gasteiger partial charge < -0.3 is 21.3 Å². The van der Waals surface area contributed by atoms with Gasteiger partial charge in [0.1, 0.15) is 0 Å². The van der Waals surface area contributed by atoms with Crippen molar-refractivity contribution in [2.75, 3.05) is 17.6 Å². The first-order valence-electron chi connectivity index (χ1n) is 10.4. The molecule has 0 atom stereocenters. The van der Waals surface area contributed by atoms with Gasteiger partial charge in [-0.2, -0.15) is 0 Å². The van der Waals surface area contributed by atoms with Gasteiger partial charge in [0.2, 0.25) is 0 Å². The molecule has 2 heterocycles. The molecule has 1 saturated carbocycles. The van der Waals surface area contributed by atoms with Crippen LogP contribution in [0.25, 0.3) is 10.9 Å². The van der Waals surface area contributed by atoms with E-state index in [0.29, 0.717) is 24.4 Å². The Morgan fingerprint density at radius 1 is 1.09 bits per heavy atom. The fourth-order valence-corrected chi connectivity index (χ4v) is 4.48. The number of nitrogen functional groups attached to an aromatic ring is 1. The van der Waals surface area contributed by atoms with Crippen molar-refractivity contribution >= 4 is 40.1 Å². The Hall–Kier alpha value is -3.88. The Kier molecular flexibility index (Phi) is 5.81. The number of hydrogen-bond donors (Lipinski definition) is 4. The zero-order valence-electron chi connectivity index (χ0n) is 17.3. The van der Waals surface area contributed by atoms with E-state index in [2.05, 4.69) is 10.3 Å². The topological polar surface area (TPSA) is 148 Å². The van der Waals surface area contributed by atoms with Crippen molar-refractivity contribution in [3.63, 3.8) is 0 Å². The van der Waals surface area contributed by atoms with Gasteiger partial charge in [0, 0.05) is 35.8 Å². The molecular weight excluding hydrogens is 412 g/mol. The number of ketones is 1. The number of rotatable bonds is 6. The number of aromatic nitrogens is 2. The summed E-state index contributed by atoms with van der Waals surface area (Å²) < 4.78 is 0.920. The lowest BCUT2D eigenvalue weighted by atomic mass is 9.78. The molecule has 0 bridgehead atoms. The number of anilines is 2. The van der Waals surface area contributed by atoms with Gasteiger partial charge in [-0.3, -0.25) is 14.3 Å². The smallest absolute Gasteiger partial charge is 0.416 e. The van der Waals surface area contributed by atoms with Crippen LogP contribution in [0.15, 0.2) is 42.9 Å². The van der Waals surface area contributed by atoms with Crippen molar-refractivity contribution in [2.45, 2.75) is 25.7 Å². The normalized spacial score (nSPS) is 18.4. The van der Waals surface area contributed by atoms with Gasteiger partial charge in [-0.05, 0) is 49.8 Å². The summed E-state index contributed by atoms with van der Waals surface area (Å²) in [7, 11) is 0. The van der Waals surface area contributed by atoms with Gasteiger partial charge in [0.15, 0.2) is 5.78 Å².